The number of carbonyl (C=O) groups excluding carboxylic acids is 1. The molecule has 1 aromatic carbocycles. The Morgan fingerprint density at radius 2 is 1.76 bits per heavy atom. The summed E-state index contributed by atoms with van der Waals surface area (Å²) in [7, 11) is -3.76. The van der Waals surface area contributed by atoms with Gasteiger partial charge in [0, 0.05) is 6.54 Å². The molecule has 0 bridgehead atoms. The van der Waals surface area contributed by atoms with Crippen molar-refractivity contribution in [1.82, 2.24) is 5.32 Å². The van der Waals surface area contributed by atoms with E-state index in [2.05, 4.69) is 5.32 Å². The summed E-state index contributed by atoms with van der Waals surface area (Å²) < 4.78 is 27.7. The summed E-state index contributed by atoms with van der Waals surface area (Å²) in [6.45, 7) is 0.645. The molecular formula is C15H23ClN4O4S. The molecule has 1 fully saturated rings. The Bertz CT molecular complexity index is 701. The van der Waals surface area contributed by atoms with Gasteiger partial charge in [-0.25, -0.2) is 13.6 Å². The van der Waals surface area contributed by atoms with Gasteiger partial charge in [-0.15, -0.1) is 12.4 Å². The first-order chi connectivity index (χ1) is 11.3. The molecule has 1 saturated carbocycles. The van der Waals surface area contributed by atoms with E-state index in [9.17, 15) is 13.2 Å². The number of primary sulfonamides is 1. The van der Waals surface area contributed by atoms with Crippen molar-refractivity contribution in [2.75, 3.05) is 6.54 Å². The van der Waals surface area contributed by atoms with Crippen molar-refractivity contribution in [1.29, 1.82) is 5.41 Å². The van der Waals surface area contributed by atoms with Crippen LogP contribution in [0.3, 0.4) is 0 Å². The molecule has 0 radical (unpaired) electrons. The molecule has 0 heterocycles. The first-order valence-electron chi connectivity index (χ1n) is 7.68. The Morgan fingerprint density at radius 1 is 1.20 bits per heavy atom. The number of esters is 1. The molecular weight excluding hydrogens is 368 g/mol. The standard InChI is InChI=1S/C15H22N4O4S.ClH/c16-15(17)19-9-10-1-3-11(4-2-10)14(20)23-12-5-7-13(8-6-12)24(18,21)22;/h5-8,10-11H,1-4,9H2,(H4,16,17,19)(H2,18,21,22);1H/t10-,11-;. The molecule has 1 aliphatic carbocycles. The zero-order valence-electron chi connectivity index (χ0n) is 13.6. The number of guanidine groups is 1. The van der Waals surface area contributed by atoms with Crippen LogP contribution in [0, 0.1) is 17.2 Å². The van der Waals surface area contributed by atoms with Crippen molar-refractivity contribution in [2.45, 2.75) is 30.6 Å². The van der Waals surface area contributed by atoms with E-state index in [-0.39, 0.29) is 35.1 Å². The summed E-state index contributed by atoms with van der Waals surface area (Å²) in [6, 6.07) is 5.45. The van der Waals surface area contributed by atoms with E-state index in [4.69, 9.17) is 21.0 Å². The van der Waals surface area contributed by atoms with Crippen LogP contribution in [-0.2, 0) is 14.8 Å². The van der Waals surface area contributed by atoms with Gasteiger partial charge < -0.3 is 15.8 Å². The van der Waals surface area contributed by atoms with Crippen LogP contribution >= 0.6 is 12.4 Å². The summed E-state index contributed by atoms with van der Waals surface area (Å²) in [4.78, 5) is 12.2. The highest BCUT2D eigenvalue weighted by Crippen LogP contribution is 2.29. The molecule has 2 rings (SSSR count). The van der Waals surface area contributed by atoms with Gasteiger partial charge in [0.25, 0.3) is 0 Å². The van der Waals surface area contributed by atoms with Crippen LogP contribution in [0.15, 0.2) is 29.2 Å². The number of rotatable bonds is 5. The number of nitrogens with one attached hydrogen (secondary N) is 2. The summed E-state index contributed by atoms with van der Waals surface area (Å²) in [5, 5.41) is 15.0. The van der Waals surface area contributed by atoms with Crippen molar-refractivity contribution in [3.8, 4) is 5.75 Å². The normalized spacial score (nSPS) is 20.2. The van der Waals surface area contributed by atoms with Crippen molar-refractivity contribution in [3.63, 3.8) is 0 Å². The number of benzene rings is 1. The number of ether oxygens (including phenoxy) is 1. The maximum absolute atomic E-state index is 12.2. The van der Waals surface area contributed by atoms with Crippen molar-refractivity contribution >= 4 is 34.4 Å². The average Bonchev–Trinajstić information content (AvgIpc) is 2.53. The smallest absolute Gasteiger partial charge is 0.314 e. The van der Waals surface area contributed by atoms with Gasteiger partial charge in [0.05, 0.1) is 10.8 Å². The van der Waals surface area contributed by atoms with Crippen LogP contribution < -0.4 is 20.9 Å². The van der Waals surface area contributed by atoms with Crippen molar-refractivity contribution < 1.29 is 17.9 Å². The molecule has 0 aromatic heterocycles. The van der Waals surface area contributed by atoms with Crippen LogP contribution in [0.4, 0.5) is 0 Å². The minimum absolute atomic E-state index is 0. The highest BCUT2D eigenvalue weighted by molar-refractivity contribution is 7.89. The summed E-state index contributed by atoms with van der Waals surface area (Å²) in [5.74, 6) is 0.173. The monoisotopic (exact) mass is 390 g/mol. The molecule has 1 aliphatic rings. The van der Waals surface area contributed by atoms with E-state index in [1.165, 1.54) is 24.3 Å². The third-order valence-electron chi connectivity index (χ3n) is 4.13. The van der Waals surface area contributed by atoms with Crippen LogP contribution in [0.25, 0.3) is 0 Å². The Morgan fingerprint density at radius 3 is 2.24 bits per heavy atom. The number of hydrogen-bond acceptors (Lipinski definition) is 5. The Kier molecular flexibility index (Phi) is 7.65. The number of sulfonamides is 1. The SMILES string of the molecule is Cl.N=C(N)NC[C@H]1CC[C@H](C(=O)Oc2ccc(S(N)(=O)=O)cc2)CC1. The Balaban J connectivity index is 0.00000312. The maximum Gasteiger partial charge on any atom is 0.314 e. The molecule has 1 aromatic rings. The summed E-state index contributed by atoms with van der Waals surface area (Å²) in [6.07, 6.45) is 3.17. The molecule has 25 heavy (non-hydrogen) atoms. The van der Waals surface area contributed by atoms with Gasteiger partial charge in [-0.05, 0) is 55.9 Å². The topological polar surface area (TPSA) is 148 Å². The van der Waals surface area contributed by atoms with Crippen LogP contribution in [0.1, 0.15) is 25.7 Å². The molecule has 6 N–H and O–H groups in total. The maximum atomic E-state index is 12.2. The third-order valence-corrected chi connectivity index (χ3v) is 5.06. The van der Waals surface area contributed by atoms with Crippen LogP contribution in [0.5, 0.6) is 5.75 Å². The third kappa shape index (κ3) is 6.52. The lowest BCUT2D eigenvalue weighted by atomic mass is 9.82. The van der Waals surface area contributed by atoms with E-state index in [1.54, 1.807) is 0 Å². The van der Waals surface area contributed by atoms with E-state index in [0.29, 0.717) is 18.2 Å². The van der Waals surface area contributed by atoms with Crippen LogP contribution in [0.2, 0.25) is 0 Å². The van der Waals surface area contributed by atoms with Crippen LogP contribution in [-0.4, -0.2) is 26.9 Å². The van der Waals surface area contributed by atoms with Gasteiger partial charge in [0.2, 0.25) is 10.0 Å². The van der Waals surface area contributed by atoms with Gasteiger partial charge >= 0.3 is 5.97 Å². The quantitative estimate of drug-likeness (QED) is 0.254. The predicted molar refractivity (Wildman–Crippen MR) is 96.1 cm³/mol. The minimum atomic E-state index is -3.76. The largest absolute Gasteiger partial charge is 0.426 e. The first-order valence-corrected chi connectivity index (χ1v) is 9.23. The number of hydrogen-bond donors (Lipinski definition) is 4. The molecule has 0 spiro atoms. The van der Waals surface area contributed by atoms with Gasteiger partial charge in [-0.2, -0.15) is 0 Å². The van der Waals surface area contributed by atoms with E-state index in [1.807, 2.05) is 0 Å². The molecule has 10 heteroatoms. The molecule has 0 unspecified atom stereocenters. The van der Waals surface area contributed by atoms with E-state index < -0.39 is 10.0 Å². The molecule has 0 aliphatic heterocycles. The van der Waals surface area contributed by atoms with E-state index in [0.717, 1.165) is 25.7 Å². The van der Waals surface area contributed by atoms with Gasteiger partial charge in [0.15, 0.2) is 5.96 Å². The fourth-order valence-electron chi connectivity index (χ4n) is 2.75. The average molecular weight is 391 g/mol. The lowest BCUT2D eigenvalue weighted by molar-refractivity contribution is -0.140. The zero-order valence-corrected chi connectivity index (χ0v) is 15.2. The van der Waals surface area contributed by atoms with Gasteiger partial charge in [-0.1, -0.05) is 0 Å². The lowest BCUT2D eigenvalue weighted by Gasteiger charge is -2.27. The summed E-state index contributed by atoms with van der Waals surface area (Å²) in [5.41, 5.74) is 5.26. The summed E-state index contributed by atoms with van der Waals surface area (Å²) >= 11 is 0. The van der Waals surface area contributed by atoms with Gasteiger partial charge in [0.1, 0.15) is 5.75 Å². The number of halogens is 1. The second-order valence-corrected chi connectivity index (χ2v) is 7.51. The number of nitrogens with two attached hydrogens (primary N) is 2. The zero-order chi connectivity index (χ0) is 17.7. The number of carbonyl (C=O) groups is 1. The van der Waals surface area contributed by atoms with Crippen molar-refractivity contribution in [3.05, 3.63) is 24.3 Å². The fraction of sp³-hybridized carbons (Fsp3) is 0.467. The highest BCUT2D eigenvalue weighted by atomic mass is 35.5. The molecule has 0 amide bonds. The second kappa shape index (κ2) is 9.02. The van der Waals surface area contributed by atoms with Crippen molar-refractivity contribution in [2.24, 2.45) is 22.7 Å². The molecule has 0 saturated heterocycles. The first kappa shape index (κ1) is 21.2. The predicted octanol–water partition coefficient (Wildman–Crippen LogP) is 0.951. The highest BCUT2D eigenvalue weighted by Gasteiger charge is 2.27. The lowest BCUT2D eigenvalue weighted by Crippen LogP contribution is -2.36. The second-order valence-electron chi connectivity index (χ2n) is 5.95. The molecule has 8 nitrogen and oxygen atoms in total. The minimum Gasteiger partial charge on any atom is -0.426 e. The fourth-order valence-corrected chi connectivity index (χ4v) is 3.27. The molecule has 0 atom stereocenters. The molecule has 140 valence electrons. The Hall–Kier alpha value is -1.84. The van der Waals surface area contributed by atoms with E-state index >= 15 is 0 Å². The van der Waals surface area contributed by atoms with Gasteiger partial charge in [-0.3, -0.25) is 10.2 Å². The Labute approximate surface area is 153 Å².